The van der Waals surface area contributed by atoms with Crippen molar-refractivity contribution < 1.29 is 28.7 Å². The average Bonchev–Trinajstić information content (AvgIpc) is 4.06. The molecule has 14 nitrogen and oxygen atoms in total. The summed E-state index contributed by atoms with van der Waals surface area (Å²) in [6, 6.07) is 10.9. The van der Waals surface area contributed by atoms with Crippen molar-refractivity contribution in [3.8, 4) is 33.6 Å². The molecule has 0 spiro atoms. The Morgan fingerprint density at radius 2 is 1.55 bits per heavy atom. The number of amides is 4. The number of aromatic nitrogens is 4. The molecule has 2 aliphatic carbocycles. The number of methoxy groups -OCH3 is 2. The lowest BCUT2D eigenvalue weighted by molar-refractivity contribution is -0.137. The highest BCUT2D eigenvalue weighted by atomic mass is 16.5. The fraction of sp³-hybridized carbons (Fsp3) is 0.429. The Morgan fingerprint density at radius 1 is 0.929 bits per heavy atom. The summed E-state index contributed by atoms with van der Waals surface area (Å²) in [5, 5.41) is 5.17. The van der Waals surface area contributed by atoms with Crippen molar-refractivity contribution in [2.75, 3.05) is 20.8 Å². The predicted molar refractivity (Wildman–Crippen MR) is 210 cm³/mol. The van der Waals surface area contributed by atoms with Crippen LogP contribution in [0.4, 0.5) is 9.59 Å². The van der Waals surface area contributed by atoms with Gasteiger partial charge in [-0.2, -0.15) is 0 Å². The van der Waals surface area contributed by atoms with Crippen LogP contribution in [-0.4, -0.2) is 92.6 Å². The number of fused-ring (bicyclic) bond motifs is 5. The first kappa shape index (κ1) is 38.4. The lowest BCUT2D eigenvalue weighted by Gasteiger charge is -2.36. The van der Waals surface area contributed by atoms with E-state index in [1.165, 1.54) is 42.5 Å². The third-order valence-electron chi connectivity index (χ3n) is 11.6. The van der Waals surface area contributed by atoms with Crippen molar-refractivity contribution in [3.63, 3.8) is 0 Å². The van der Waals surface area contributed by atoms with Gasteiger partial charge in [-0.15, -0.1) is 6.58 Å². The lowest BCUT2D eigenvalue weighted by atomic mass is 9.83. The number of nitrogens with one attached hydrogen (secondary N) is 4. The zero-order valence-electron chi connectivity index (χ0n) is 32.6. The van der Waals surface area contributed by atoms with Gasteiger partial charge in [-0.1, -0.05) is 37.3 Å². The minimum absolute atomic E-state index is 0.0927. The summed E-state index contributed by atoms with van der Waals surface area (Å²) in [7, 11) is 2.54. The van der Waals surface area contributed by atoms with Crippen molar-refractivity contribution in [1.82, 2.24) is 40.4 Å². The van der Waals surface area contributed by atoms with Gasteiger partial charge in [0.25, 0.3) is 0 Å². The van der Waals surface area contributed by atoms with E-state index in [0.717, 1.165) is 66.9 Å². The van der Waals surface area contributed by atoms with Crippen LogP contribution in [-0.2, 0) is 31.9 Å². The molecule has 294 valence electrons. The summed E-state index contributed by atoms with van der Waals surface area (Å²) in [6.45, 7) is 9.88. The van der Waals surface area contributed by atoms with Gasteiger partial charge in [0.2, 0.25) is 11.8 Å². The Kier molecular flexibility index (Phi) is 11.0. The highest BCUT2D eigenvalue weighted by Gasteiger charge is 2.51. The number of imidazole rings is 2. The maximum atomic E-state index is 13.7. The van der Waals surface area contributed by atoms with Gasteiger partial charge in [0, 0.05) is 12.6 Å². The Bertz CT molecular complexity index is 2140. The fourth-order valence-corrected chi connectivity index (χ4v) is 8.71. The van der Waals surface area contributed by atoms with E-state index in [2.05, 4.69) is 73.3 Å². The third kappa shape index (κ3) is 7.27. The number of ether oxygens (including phenoxy) is 2. The summed E-state index contributed by atoms with van der Waals surface area (Å²) in [4.78, 5) is 70.8. The van der Waals surface area contributed by atoms with E-state index >= 15 is 0 Å². The minimum Gasteiger partial charge on any atom is -0.453 e. The molecule has 4 N–H and O–H groups in total. The van der Waals surface area contributed by atoms with Gasteiger partial charge < -0.3 is 39.9 Å². The first-order chi connectivity index (χ1) is 27.0. The summed E-state index contributed by atoms with van der Waals surface area (Å²) < 4.78 is 9.41. The number of hydrogen-bond donors (Lipinski definition) is 4. The highest BCUT2D eigenvalue weighted by Crippen LogP contribution is 2.50. The van der Waals surface area contributed by atoms with Crippen LogP contribution in [0.1, 0.15) is 81.3 Å². The first-order valence-electron chi connectivity index (χ1n) is 19.4. The van der Waals surface area contributed by atoms with Crippen LogP contribution in [0.15, 0.2) is 61.4 Å². The summed E-state index contributed by atoms with van der Waals surface area (Å²) >= 11 is 0. The lowest BCUT2D eigenvalue weighted by Crippen LogP contribution is -2.51. The molecule has 7 rings (SSSR count). The quantitative estimate of drug-likeness (QED) is 0.123. The second-order valence-corrected chi connectivity index (χ2v) is 14.9. The van der Waals surface area contributed by atoms with E-state index < -0.39 is 24.3 Å². The zero-order valence-corrected chi connectivity index (χ0v) is 32.6. The van der Waals surface area contributed by atoms with Crippen molar-refractivity contribution >= 4 is 24.0 Å². The first-order valence-corrected chi connectivity index (χ1v) is 19.4. The molecule has 3 aliphatic rings. The van der Waals surface area contributed by atoms with Gasteiger partial charge in [-0.05, 0) is 104 Å². The van der Waals surface area contributed by atoms with Crippen LogP contribution >= 0.6 is 0 Å². The molecule has 1 saturated carbocycles. The van der Waals surface area contributed by atoms with Crippen LogP contribution < -0.4 is 10.6 Å². The second-order valence-electron chi connectivity index (χ2n) is 14.9. The van der Waals surface area contributed by atoms with E-state index in [-0.39, 0.29) is 29.9 Å². The van der Waals surface area contributed by atoms with Gasteiger partial charge >= 0.3 is 12.2 Å². The van der Waals surface area contributed by atoms with E-state index in [9.17, 15) is 19.2 Å². The van der Waals surface area contributed by atoms with Crippen molar-refractivity contribution in [2.24, 2.45) is 5.92 Å². The van der Waals surface area contributed by atoms with Crippen LogP contribution in [0.25, 0.3) is 33.6 Å². The van der Waals surface area contributed by atoms with Crippen LogP contribution in [0.2, 0.25) is 0 Å². The number of hydrogen-bond acceptors (Lipinski definition) is 8. The molecule has 6 atom stereocenters. The van der Waals surface area contributed by atoms with Crippen molar-refractivity contribution in [2.45, 2.75) is 89.5 Å². The van der Waals surface area contributed by atoms with Crippen LogP contribution in [0.5, 0.6) is 0 Å². The van der Waals surface area contributed by atoms with Gasteiger partial charge in [-0.3, -0.25) is 9.59 Å². The molecular weight excluding hydrogens is 713 g/mol. The maximum Gasteiger partial charge on any atom is 0.407 e. The van der Waals surface area contributed by atoms with E-state index in [4.69, 9.17) is 9.72 Å². The number of carbonyl (C=O) groups is 4. The van der Waals surface area contributed by atoms with E-state index in [1.807, 2.05) is 31.1 Å². The predicted octanol–water partition coefficient (Wildman–Crippen LogP) is 6.24. The standard InChI is InChI=1S/C42H50N8O6/c1-7-17-49(39(51)23(3)45-41(53)55-5)24(4)37-43-21-34(46-37)27-12-15-31-25(18-27)9-10-26-19-28(13-16-32(26)31)35-22-44-38(47-35)36-29-11-14-30(20-29)50(36)40(52)33(8-2)48-42(54)56-6/h8,12-13,15-16,18-19,21-24,29-30,33,36H,2,7,9-11,14,17,20H2,1,3-6H3,(H,43,46)(H,44,47)(H,45,53)(H,48,54)/t23-,24-,29-,30+,33-,36-/m0/s1. The smallest absolute Gasteiger partial charge is 0.407 e. The molecule has 0 unspecified atom stereocenters. The molecule has 1 saturated heterocycles. The zero-order chi connectivity index (χ0) is 39.7. The molecule has 56 heavy (non-hydrogen) atoms. The molecule has 2 bridgehead atoms. The van der Waals surface area contributed by atoms with Crippen molar-refractivity contribution in [3.05, 3.63) is 84.2 Å². The molecule has 3 heterocycles. The highest BCUT2D eigenvalue weighted by molar-refractivity contribution is 5.88. The molecule has 4 aromatic rings. The maximum absolute atomic E-state index is 13.7. The molecular formula is C42H50N8O6. The topological polar surface area (TPSA) is 175 Å². The van der Waals surface area contributed by atoms with Gasteiger partial charge in [0.05, 0.1) is 50.1 Å². The number of rotatable bonds is 12. The number of aryl methyl sites for hydroxylation is 2. The number of nitrogens with zero attached hydrogens (tertiary/aromatic N) is 4. The number of benzene rings is 2. The number of H-pyrrole nitrogens is 2. The number of aromatic amines is 2. The Morgan fingerprint density at radius 3 is 2.18 bits per heavy atom. The number of likely N-dealkylation sites (tertiary alicyclic amines) is 1. The molecule has 0 radical (unpaired) electrons. The van der Waals surface area contributed by atoms with Crippen LogP contribution in [0.3, 0.4) is 0 Å². The molecule has 14 heteroatoms. The molecule has 2 aromatic heterocycles. The summed E-state index contributed by atoms with van der Waals surface area (Å²) in [6.07, 6.45) is 9.14. The molecule has 4 amide bonds. The number of alkyl carbamates (subject to hydrolysis) is 2. The van der Waals surface area contributed by atoms with Gasteiger partial charge in [0.1, 0.15) is 23.7 Å². The molecule has 1 aliphatic heterocycles. The van der Waals surface area contributed by atoms with E-state index in [0.29, 0.717) is 18.3 Å². The summed E-state index contributed by atoms with van der Waals surface area (Å²) in [5.74, 6) is 1.30. The monoisotopic (exact) mass is 762 g/mol. The molecule has 2 aromatic carbocycles. The van der Waals surface area contributed by atoms with E-state index in [1.54, 1.807) is 11.8 Å². The Balaban J connectivity index is 1.07. The van der Waals surface area contributed by atoms with Gasteiger partial charge in [-0.25, -0.2) is 19.6 Å². The normalized spacial score (nSPS) is 19.6. The SMILES string of the molecule is C=C[C@H](NC(=O)OC)C(=O)N1[C@@H]2CC[C@@H](C2)[C@H]1c1ncc(-c2ccc3c(c2)CCc2cc(-c4cnc([C@H](C)N(CCC)C(=O)[C@H](C)NC(=O)OC)[nH]4)ccc2-3)[nH]1. The van der Waals surface area contributed by atoms with Crippen LogP contribution in [0, 0.1) is 5.92 Å². The molecule has 2 fully saturated rings. The minimum atomic E-state index is -0.884. The Hall–Kier alpha value is -5.92. The van der Waals surface area contributed by atoms with Gasteiger partial charge in [0.15, 0.2) is 0 Å². The number of carbonyl (C=O) groups excluding carboxylic acids is 4. The van der Waals surface area contributed by atoms with Crippen molar-refractivity contribution in [1.29, 1.82) is 0 Å². The number of piperidine rings is 1. The largest absolute Gasteiger partial charge is 0.453 e. The average molecular weight is 763 g/mol. The third-order valence-corrected chi connectivity index (χ3v) is 11.6. The fourth-order valence-electron chi connectivity index (χ4n) is 8.71. The summed E-state index contributed by atoms with van der Waals surface area (Å²) in [5.41, 5.74) is 8.71. The Labute approximate surface area is 326 Å². The second kappa shape index (κ2) is 16.0.